The number of carbonyl (C=O) groups is 1. The molecule has 0 aromatic heterocycles. The van der Waals surface area contributed by atoms with E-state index in [1.54, 1.807) is 18.2 Å². The fourth-order valence-corrected chi connectivity index (χ4v) is 2.42. The van der Waals surface area contributed by atoms with Gasteiger partial charge in [0.05, 0.1) is 10.6 Å². The number of rotatable bonds is 7. The van der Waals surface area contributed by atoms with E-state index in [0.29, 0.717) is 18.7 Å². The zero-order valence-electron chi connectivity index (χ0n) is 13.9. The Morgan fingerprint density at radius 2 is 1.96 bits per heavy atom. The Bertz CT molecular complexity index is 794. The summed E-state index contributed by atoms with van der Waals surface area (Å²) in [5, 5.41) is 11.6. The summed E-state index contributed by atoms with van der Waals surface area (Å²) < 4.78 is 43.6. The molecule has 2 aromatic rings. The van der Waals surface area contributed by atoms with Gasteiger partial charge in [-0.05, 0) is 43.2 Å². The van der Waals surface area contributed by atoms with Crippen molar-refractivity contribution < 1.29 is 27.8 Å². The van der Waals surface area contributed by atoms with Gasteiger partial charge < -0.3 is 15.2 Å². The minimum absolute atomic E-state index is 0.0589. The van der Waals surface area contributed by atoms with E-state index in [1.165, 1.54) is 6.07 Å². The lowest BCUT2D eigenvalue weighted by Gasteiger charge is -2.14. The van der Waals surface area contributed by atoms with E-state index in [1.807, 2.05) is 6.92 Å². The van der Waals surface area contributed by atoms with E-state index in [4.69, 9.17) is 21.4 Å². The van der Waals surface area contributed by atoms with Crippen LogP contribution in [0.15, 0.2) is 36.4 Å². The van der Waals surface area contributed by atoms with Crippen LogP contribution in [0.3, 0.4) is 0 Å². The third-order valence-electron chi connectivity index (χ3n) is 3.58. The maximum absolute atomic E-state index is 12.7. The molecule has 0 amide bonds. The smallest absolute Gasteiger partial charge is 0.416 e. The van der Waals surface area contributed by atoms with Crippen molar-refractivity contribution in [3.8, 4) is 11.5 Å². The zero-order chi connectivity index (χ0) is 19.3. The molecule has 0 fully saturated rings. The molecule has 0 aliphatic carbocycles. The molecule has 0 saturated carbocycles. The monoisotopic (exact) mass is 387 g/mol. The van der Waals surface area contributed by atoms with Crippen molar-refractivity contribution in [2.24, 2.45) is 0 Å². The van der Waals surface area contributed by atoms with E-state index >= 15 is 0 Å². The Labute approximate surface area is 153 Å². The van der Waals surface area contributed by atoms with Gasteiger partial charge in [-0.25, -0.2) is 0 Å². The molecule has 0 heterocycles. The third kappa shape index (κ3) is 5.56. The molecule has 0 saturated heterocycles. The summed E-state index contributed by atoms with van der Waals surface area (Å²) in [6.45, 7) is 2.34. The van der Waals surface area contributed by atoms with Crippen LogP contribution in [0.4, 0.5) is 18.9 Å². The minimum Gasteiger partial charge on any atom is -0.481 e. The number of aryl methyl sites for hydroxylation is 1. The number of aliphatic carboxylic acids is 1. The molecule has 0 aliphatic rings. The molecular weight excluding hydrogens is 371 g/mol. The van der Waals surface area contributed by atoms with Gasteiger partial charge in [-0.15, -0.1) is 0 Å². The number of alkyl halides is 3. The van der Waals surface area contributed by atoms with Crippen LogP contribution in [0.2, 0.25) is 5.02 Å². The van der Waals surface area contributed by atoms with Crippen molar-refractivity contribution in [1.29, 1.82) is 0 Å². The van der Waals surface area contributed by atoms with E-state index in [9.17, 15) is 18.0 Å². The first-order chi connectivity index (χ1) is 12.2. The lowest BCUT2D eigenvalue weighted by molar-refractivity contribution is -0.138. The summed E-state index contributed by atoms with van der Waals surface area (Å²) in [5.74, 6) is -0.351. The predicted molar refractivity (Wildman–Crippen MR) is 93.1 cm³/mol. The normalized spacial score (nSPS) is 11.3. The summed E-state index contributed by atoms with van der Waals surface area (Å²) in [5.41, 5.74) is 0.821. The van der Waals surface area contributed by atoms with Gasteiger partial charge >= 0.3 is 12.1 Å². The zero-order valence-corrected chi connectivity index (χ0v) is 14.6. The summed E-state index contributed by atoms with van der Waals surface area (Å²) >= 11 is 5.89. The molecule has 0 bridgehead atoms. The van der Waals surface area contributed by atoms with Crippen molar-refractivity contribution >= 4 is 23.3 Å². The van der Waals surface area contributed by atoms with Crippen LogP contribution >= 0.6 is 11.6 Å². The Hall–Kier alpha value is -2.41. The molecule has 0 aliphatic heterocycles. The molecule has 0 atom stereocenters. The van der Waals surface area contributed by atoms with E-state index in [2.05, 4.69) is 5.32 Å². The SMILES string of the molecule is Cc1ccc(Oc2ccc(C(F)(F)F)cc2Cl)cc1NCCCC(=O)O. The summed E-state index contributed by atoms with van der Waals surface area (Å²) in [4.78, 5) is 10.5. The number of halogens is 4. The minimum atomic E-state index is -4.47. The molecule has 0 radical (unpaired) electrons. The summed E-state index contributed by atoms with van der Waals surface area (Å²) in [6.07, 6.45) is -3.95. The topological polar surface area (TPSA) is 58.6 Å². The number of carboxylic acid groups (broad SMARTS) is 1. The van der Waals surface area contributed by atoms with Gasteiger partial charge in [0.1, 0.15) is 11.5 Å². The Morgan fingerprint density at radius 1 is 1.23 bits per heavy atom. The molecule has 2 aromatic carbocycles. The van der Waals surface area contributed by atoms with Crippen LogP contribution in [-0.2, 0) is 11.0 Å². The molecule has 140 valence electrons. The van der Waals surface area contributed by atoms with Crippen LogP contribution in [0.25, 0.3) is 0 Å². The highest BCUT2D eigenvalue weighted by atomic mass is 35.5. The first-order valence-electron chi connectivity index (χ1n) is 7.78. The number of carboxylic acids is 1. The molecule has 0 unspecified atom stereocenters. The number of hydrogen-bond donors (Lipinski definition) is 2. The fraction of sp³-hybridized carbons (Fsp3) is 0.278. The molecule has 2 rings (SSSR count). The van der Waals surface area contributed by atoms with Gasteiger partial charge in [0.15, 0.2) is 0 Å². The molecule has 26 heavy (non-hydrogen) atoms. The number of hydrogen-bond acceptors (Lipinski definition) is 3. The van der Waals surface area contributed by atoms with Gasteiger partial charge in [-0.2, -0.15) is 13.2 Å². The largest absolute Gasteiger partial charge is 0.481 e. The maximum atomic E-state index is 12.7. The maximum Gasteiger partial charge on any atom is 0.416 e. The van der Waals surface area contributed by atoms with Crippen LogP contribution in [0, 0.1) is 6.92 Å². The highest BCUT2D eigenvalue weighted by Gasteiger charge is 2.31. The average Bonchev–Trinajstić information content (AvgIpc) is 2.55. The number of ether oxygens (including phenoxy) is 1. The van der Waals surface area contributed by atoms with Crippen molar-refractivity contribution in [2.45, 2.75) is 25.9 Å². The van der Waals surface area contributed by atoms with Crippen LogP contribution < -0.4 is 10.1 Å². The Morgan fingerprint density at radius 3 is 2.58 bits per heavy atom. The average molecular weight is 388 g/mol. The first-order valence-corrected chi connectivity index (χ1v) is 8.15. The lowest BCUT2D eigenvalue weighted by atomic mass is 10.2. The van der Waals surface area contributed by atoms with Crippen molar-refractivity contribution in [3.05, 3.63) is 52.5 Å². The first kappa shape index (κ1) is 19.9. The van der Waals surface area contributed by atoms with Gasteiger partial charge in [0, 0.05) is 24.7 Å². The van der Waals surface area contributed by atoms with Crippen LogP contribution in [-0.4, -0.2) is 17.6 Å². The van der Waals surface area contributed by atoms with Gasteiger partial charge in [0.2, 0.25) is 0 Å². The Balaban J connectivity index is 2.10. The van der Waals surface area contributed by atoms with Crippen LogP contribution in [0.5, 0.6) is 11.5 Å². The number of anilines is 1. The van der Waals surface area contributed by atoms with Gasteiger partial charge in [-0.1, -0.05) is 17.7 Å². The quantitative estimate of drug-likeness (QED) is 0.595. The lowest BCUT2D eigenvalue weighted by Crippen LogP contribution is -2.06. The molecule has 0 spiro atoms. The van der Waals surface area contributed by atoms with Crippen molar-refractivity contribution in [2.75, 3.05) is 11.9 Å². The van der Waals surface area contributed by atoms with E-state index < -0.39 is 17.7 Å². The summed E-state index contributed by atoms with van der Waals surface area (Å²) in [6, 6.07) is 8.03. The fourth-order valence-electron chi connectivity index (χ4n) is 2.20. The third-order valence-corrected chi connectivity index (χ3v) is 3.87. The predicted octanol–water partition coefficient (Wildman–Crippen LogP) is 5.74. The van der Waals surface area contributed by atoms with Crippen molar-refractivity contribution in [1.82, 2.24) is 0 Å². The molecule has 4 nitrogen and oxygen atoms in total. The molecular formula is C18H17ClF3NO3. The Kier molecular flexibility index (Phi) is 6.37. The van der Waals surface area contributed by atoms with Gasteiger partial charge in [-0.3, -0.25) is 4.79 Å². The van der Waals surface area contributed by atoms with Gasteiger partial charge in [0.25, 0.3) is 0 Å². The van der Waals surface area contributed by atoms with Crippen molar-refractivity contribution in [3.63, 3.8) is 0 Å². The highest BCUT2D eigenvalue weighted by molar-refractivity contribution is 6.32. The van der Waals surface area contributed by atoms with Crippen LogP contribution in [0.1, 0.15) is 24.0 Å². The second kappa shape index (κ2) is 8.31. The second-order valence-corrected chi connectivity index (χ2v) is 6.05. The molecule has 2 N–H and O–H groups in total. The highest BCUT2D eigenvalue weighted by Crippen LogP contribution is 2.37. The van der Waals surface area contributed by atoms with E-state index in [-0.39, 0.29) is 17.2 Å². The summed E-state index contributed by atoms with van der Waals surface area (Å²) in [7, 11) is 0. The second-order valence-electron chi connectivity index (χ2n) is 5.65. The molecule has 8 heteroatoms. The number of benzene rings is 2. The van der Waals surface area contributed by atoms with E-state index in [0.717, 1.165) is 23.4 Å². The standard InChI is InChI=1S/C18H17ClF3NO3/c1-11-4-6-13(10-15(11)23-8-2-3-17(24)25)26-16-7-5-12(9-14(16)19)18(20,21)22/h4-7,9-10,23H,2-3,8H2,1H3,(H,24,25). The number of nitrogens with one attached hydrogen (secondary N) is 1.